The first-order valence-corrected chi connectivity index (χ1v) is 5.01. The monoisotopic (exact) mass is 273 g/mol. The summed E-state index contributed by atoms with van der Waals surface area (Å²) in [5, 5.41) is 5.67. The lowest BCUT2D eigenvalue weighted by molar-refractivity contribution is -0.141. The van der Waals surface area contributed by atoms with Crippen LogP contribution in [0.15, 0.2) is 41.3 Å². The van der Waals surface area contributed by atoms with Crippen LogP contribution in [0.25, 0.3) is 0 Å². The Kier molecular flexibility index (Phi) is 5.04. The van der Waals surface area contributed by atoms with Crippen molar-refractivity contribution in [2.45, 2.75) is 6.18 Å². The van der Waals surface area contributed by atoms with Crippen molar-refractivity contribution in [3.8, 4) is 5.88 Å². The number of hydrogen-bond acceptors (Lipinski definition) is 4. The van der Waals surface area contributed by atoms with Gasteiger partial charge in [0.2, 0.25) is 5.88 Å². The van der Waals surface area contributed by atoms with Crippen LogP contribution in [0.4, 0.5) is 13.2 Å². The van der Waals surface area contributed by atoms with E-state index < -0.39 is 11.9 Å². The van der Waals surface area contributed by atoms with Crippen molar-refractivity contribution >= 4 is 0 Å². The lowest BCUT2D eigenvalue weighted by Crippen LogP contribution is -2.07. The maximum atomic E-state index is 12.0. The minimum absolute atomic E-state index is 0.0372. The van der Waals surface area contributed by atoms with Gasteiger partial charge in [0.05, 0.1) is 7.11 Å². The number of methoxy groups -OCH3 is 1. The van der Waals surface area contributed by atoms with Crippen molar-refractivity contribution in [1.82, 2.24) is 15.2 Å². The topological polar surface area (TPSA) is 67.9 Å². The van der Waals surface area contributed by atoms with Crippen molar-refractivity contribution in [2.24, 2.45) is 0 Å². The lowest BCUT2D eigenvalue weighted by atomic mass is 10.3. The van der Waals surface area contributed by atoms with Crippen molar-refractivity contribution in [3.63, 3.8) is 0 Å². The molecule has 0 unspecified atom stereocenters. The molecule has 5 nitrogen and oxygen atoms in total. The smallest absolute Gasteiger partial charge is 0.433 e. The van der Waals surface area contributed by atoms with Crippen LogP contribution in [0.3, 0.4) is 0 Å². The van der Waals surface area contributed by atoms with E-state index in [-0.39, 0.29) is 11.4 Å². The third kappa shape index (κ3) is 5.19. The molecule has 0 atom stereocenters. The van der Waals surface area contributed by atoms with Crippen LogP contribution in [0.1, 0.15) is 5.69 Å². The number of alkyl halides is 3. The van der Waals surface area contributed by atoms with Crippen molar-refractivity contribution < 1.29 is 17.9 Å². The molecule has 2 aromatic rings. The fourth-order valence-corrected chi connectivity index (χ4v) is 0.998. The number of hydrogen-bond donors (Lipinski definition) is 1. The molecule has 0 saturated carbocycles. The van der Waals surface area contributed by atoms with Crippen LogP contribution in [0.5, 0.6) is 5.88 Å². The fourth-order valence-electron chi connectivity index (χ4n) is 0.998. The Morgan fingerprint density at radius 2 is 1.95 bits per heavy atom. The molecule has 0 amide bonds. The van der Waals surface area contributed by atoms with Gasteiger partial charge in [-0.2, -0.15) is 18.3 Å². The first kappa shape index (κ1) is 14.7. The Morgan fingerprint density at radius 1 is 1.21 bits per heavy atom. The molecule has 2 rings (SSSR count). The number of H-pyrrole nitrogens is 1. The number of halogens is 3. The fraction of sp³-hybridized carbons (Fsp3) is 0.182. The van der Waals surface area contributed by atoms with Crippen LogP contribution < -0.4 is 10.3 Å². The third-order valence-electron chi connectivity index (χ3n) is 1.81. The first-order valence-electron chi connectivity index (χ1n) is 5.01. The number of rotatable bonds is 1. The number of nitrogens with one attached hydrogen (secondary N) is 1. The average Bonchev–Trinajstić information content (AvgIpc) is 2.39. The molecule has 0 aliphatic carbocycles. The summed E-state index contributed by atoms with van der Waals surface area (Å²) >= 11 is 0. The summed E-state index contributed by atoms with van der Waals surface area (Å²) in [5.74, 6) is -0.0372. The summed E-state index contributed by atoms with van der Waals surface area (Å²) in [6.07, 6.45) is -2.89. The quantitative estimate of drug-likeness (QED) is 0.861. The van der Waals surface area contributed by atoms with Gasteiger partial charge in [-0.25, -0.2) is 10.1 Å². The highest BCUT2D eigenvalue weighted by atomic mass is 19.4. The van der Waals surface area contributed by atoms with Gasteiger partial charge in [0, 0.05) is 18.3 Å². The highest BCUT2D eigenvalue weighted by molar-refractivity contribution is 5.17. The third-order valence-corrected chi connectivity index (χ3v) is 1.81. The summed E-state index contributed by atoms with van der Waals surface area (Å²) < 4.78 is 40.5. The SMILES string of the molecule is COc1cccc(C(F)(F)F)n1.O=c1cccn[nH]1. The zero-order valence-corrected chi connectivity index (χ0v) is 9.81. The van der Waals surface area contributed by atoms with Crippen LogP contribution >= 0.6 is 0 Å². The molecular weight excluding hydrogens is 263 g/mol. The molecule has 0 bridgehead atoms. The summed E-state index contributed by atoms with van der Waals surface area (Å²) in [4.78, 5) is 13.4. The second kappa shape index (κ2) is 6.53. The second-order valence-corrected chi connectivity index (χ2v) is 3.18. The van der Waals surface area contributed by atoms with Gasteiger partial charge in [-0.05, 0) is 12.1 Å². The van der Waals surface area contributed by atoms with E-state index in [0.717, 1.165) is 6.07 Å². The van der Waals surface area contributed by atoms with Gasteiger partial charge < -0.3 is 4.74 Å². The molecule has 0 aliphatic rings. The Balaban J connectivity index is 0.000000218. The maximum Gasteiger partial charge on any atom is 0.433 e. The molecule has 102 valence electrons. The van der Waals surface area contributed by atoms with E-state index in [2.05, 4.69) is 19.9 Å². The minimum Gasteiger partial charge on any atom is -0.481 e. The van der Waals surface area contributed by atoms with Gasteiger partial charge in [0.1, 0.15) is 5.69 Å². The van der Waals surface area contributed by atoms with E-state index in [4.69, 9.17) is 0 Å². The number of aromatic nitrogens is 3. The second-order valence-electron chi connectivity index (χ2n) is 3.18. The predicted octanol–water partition coefficient (Wildman–Crippen LogP) is 1.88. The number of pyridine rings is 1. The standard InChI is InChI=1S/C7H6F3NO.C4H4N2O/c1-12-6-4-2-3-5(11-6)7(8,9)10;7-4-2-1-3-5-6-4/h2-4H,1H3;1-3H,(H,6,7). The first-order chi connectivity index (χ1) is 8.93. The largest absolute Gasteiger partial charge is 0.481 e. The van der Waals surface area contributed by atoms with E-state index in [9.17, 15) is 18.0 Å². The van der Waals surface area contributed by atoms with Crippen molar-refractivity contribution in [1.29, 1.82) is 0 Å². The molecule has 0 aromatic carbocycles. The van der Waals surface area contributed by atoms with Gasteiger partial charge in [-0.3, -0.25) is 4.79 Å². The van der Waals surface area contributed by atoms with Crippen LogP contribution in [-0.2, 0) is 6.18 Å². The van der Waals surface area contributed by atoms with Crippen molar-refractivity contribution in [2.75, 3.05) is 7.11 Å². The molecule has 19 heavy (non-hydrogen) atoms. The highest BCUT2D eigenvalue weighted by Gasteiger charge is 2.32. The van der Waals surface area contributed by atoms with Crippen molar-refractivity contribution in [3.05, 3.63) is 52.6 Å². The summed E-state index contributed by atoms with van der Waals surface area (Å²) in [6.45, 7) is 0. The Bertz CT molecular complexity index is 552. The number of aromatic amines is 1. The molecule has 1 N–H and O–H groups in total. The van der Waals surface area contributed by atoms with Gasteiger partial charge in [-0.15, -0.1) is 0 Å². The van der Waals surface area contributed by atoms with E-state index >= 15 is 0 Å². The molecule has 0 fully saturated rings. The molecule has 0 saturated heterocycles. The maximum absolute atomic E-state index is 12.0. The van der Waals surface area contributed by atoms with E-state index in [1.165, 1.54) is 31.5 Å². The highest BCUT2D eigenvalue weighted by Crippen LogP contribution is 2.28. The van der Waals surface area contributed by atoms with Crippen LogP contribution in [-0.4, -0.2) is 22.3 Å². The van der Waals surface area contributed by atoms with Gasteiger partial charge in [-0.1, -0.05) is 6.07 Å². The molecular formula is C11H10F3N3O2. The van der Waals surface area contributed by atoms with Gasteiger partial charge in [0.25, 0.3) is 5.56 Å². The van der Waals surface area contributed by atoms with Crippen LogP contribution in [0, 0.1) is 0 Å². The lowest BCUT2D eigenvalue weighted by Gasteiger charge is -2.05. The van der Waals surface area contributed by atoms with E-state index in [1.807, 2.05) is 0 Å². The van der Waals surface area contributed by atoms with Gasteiger partial charge in [0.15, 0.2) is 0 Å². The van der Waals surface area contributed by atoms with Gasteiger partial charge >= 0.3 is 6.18 Å². The summed E-state index contributed by atoms with van der Waals surface area (Å²) in [5.41, 5.74) is -1.11. The molecule has 8 heteroatoms. The normalized spacial score (nSPS) is 10.3. The van der Waals surface area contributed by atoms with E-state index in [0.29, 0.717) is 0 Å². The zero-order valence-electron chi connectivity index (χ0n) is 9.81. The Labute approximate surface area is 106 Å². The molecule has 0 radical (unpaired) electrons. The molecule has 0 aliphatic heterocycles. The number of nitrogens with zero attached hydrogens (tertiary/aromatic N) is 2. The summed E-state index contributed by atoms with van der Waals surface area (Å²) in [6, 6.07) is 6.48. The van der Waals surface area contributed by atoms with E-state index in [1.54, 1.807) is 6.07 Å². The Morgan fingerprint density at radius 3 is 2.37 bits per heavy atom. The Hall–Kier alpha value is -2.38. The number of ether oxygens (including phenoxy) is 1. The minimum atomic E-state index is -4.41. The molecule has 2 aromatic heterocycles. The molecule has 0 spiro atoms. The predicted molar refractivity (Wildman–Crippen MR) is 60.6 cm³/mol. The average molecular weight is 273 g/mol. The van der Waals surface area contributed by atoms with Crippen LogP contribution in [0.2, 0.25) is 0 Å². The summed E-state index contributed by atoms with van der Waals surface area (Å²) in [7, 11) is 1.27. The molecule has 2 heterocycles. The zero-order chi connectivity index (χ0) is 14.3.